The molecule has 1 fully saturated rings. The molecule has 0 radical (unpaired) electrons. The van der Waals surface area contributed by atoms with Crippen LogP contribution in [0, 0.1) is 6.92 Å². The molecule has 0 atom stereocenters. The molecule has 2 aromatic rings. The Balaban J connectivity index is 1.20. The van der Waals surface area contributed by atoms with Crippen LogP contribution >= 0.6 is 0 Å². The molecule has 4 rings (SSSR count). The van der Waals surface area contributed by atoms with Gasteiger partial charge < -0.3 is 9.84 Å². The van der Waals surface area contributed by atoms with Gasteiger partial charge in [0.25, 0.3) is 5.91 Å². The van der Waals surface area contributed by atoms with E-state index in [2.05, 4.69) is 25.4 Å². The zero-order valence-electron chi connectivity index (χ0n) is 17.1. The van der Waals surface area contributed by atoms with Gasteiger partial charge in [0.05, 0.1) is 25.3 Å². The molecule has 2 aliphatic heterocycles. The molecule has 9 heteroatoms. The van der Waals surface area contributed by atoms with Crippen LogP contribution in [-0.4, -0.2) is 83.3 Å². The van der Waals surface area contributed by atoms with Crippen LogP contribution in [0.4, 0.5) is 5.82 Å². The second-order valence-electron chi connectivity index (χ2n) is 7.60. The lowest BCUT2D eigenvalue weighted by Gasteiger charge is -2.34. The number of hydrazone groups is 1. The number of rotatable bonds is 6. The first-order valence-corrected chi connectivity index (χ1v) is 10.2. The molecule has 158 valence electrons. The minimum Gasteiger partial charge on any atom is -0.360 e. The summed E-state index contributed by atoms with van der Waals surface area (Å²) in [6, 6.07) is 11.7. The summed E-state index contributed by atoms with van der Waals surface area (Å²) in [4.78, 5) is 29.0. The van der Waals surface area contributed by atoms with E-state index < -0.39 is 0 Å². The van der Waals surface area contributed by atoms with Crippen molar-refractivity contribution in [2.24, 2.45) is 5.10 Å². The van der Waals surface area contributed by atoms with E-state index in [1.54, 1.807) is 18.0 Å². The van der Waals surface area contributed by atoms with Crippen LogP contribution in [0.3, 0.4) is 0 Å². The van der Waals surface area contributed by atoms with E-state index in [-0.39, 0.29) is 11.8 Å². The van der Waals surface area contributed by atoms with Crippen LogP contribution in [0.25, 0.3) is 0 Å². The lowest BCUT2D eigenvalue weighted by atomic mass is 10.1. The highest BCUT2D eigenvalue weighted by Crippen LogP contribution is 2.14. The molecule has 0 aliphatic carbocycles. The van der Waals surface area contributed by atoms with Crippen molar-refractivity contribution in [1.29, 1.82) is 0 Å². The normalized spacial score (nSPS) is 17.8. The molecule has 0 unspecified atom stereocenters. The summed E-state index contributed by atoms with van der Waals surface area (Å²) in [5.41, 5.74) is 2.03. The van der Waals surface area contributed by atoms with E-state index in [1.807, 2.05) is 30.3 Å². The molecule has 30 heavy (non-hydrogen) atoms. The van der Waals surface area contributed by atoms with Gasteiger partial charge in [0.1, 0.15) is 5.76 Å². The van der Waals surface area contributed by atoms with Gasteiger partial charge in [0, 0.05) is 38.7 Å². The molecule has 0 saturated carbocycles. The predicted molar refractivity (Wildman–Crippen MR) is 112 cm³/mol. The molecule has 1 N–H and O–H groups in total. The Morgan fingerprint density at radius 2 is 1.73 bits per heavy atom. The van der Waals surface area contributed by atoms with Gasteiger partial charge in [-0.25, -0.2) is 5.01 Å². The third-order valence-corrected chi connectivity index (χ3v) is 5.28. The molecule has 1 saturated heterocycles. The lowest BCUT2D eigenvalue weighted by molar-refractivity contribution is -0.132. The van der Waals surface area contributed by atoms with Gasteiger partial charge in [0.2, 0.25) is 5.91 Å². The maximum absolute atomic E-state index is 12.6. The summed E-state index contributed by atoms with van der Waals surface area (Å²) in [6.45, 7) is 6.00. The summed E-state index contributed by atoms with van der Waals surface area (Å²) in [6.07, 6.45) is 0.781. The number of carbonyl (C=O) groups is 2. The average molecular weight is 410 g/mol. The maximum atomic E-state index is 12.6. The third kappa shape index (κ3) is 5.11. The number of amides is 2. The van der Waals surface area contributed by atoms with Crippen LogP contribution in [0.2, 0.25) is 0 Å². The predicted octanol–water partition coefficient (Wildman–Crippen LogP) is 1.18. The Hall–Kier alpha value is -3.04. The molecule has 9 nitrogen and oxygen atoms in total. The number of aryl methyl sites for hydroxylation is 1. The first kappa shape index (κ1) is 20.2. The summed E-state index contributed by atoms with van der Waals surface area (Å²) in [5.74, 6) is 0.991. The number of carbonyl (C=O) groups excluding carboxylic acids is 2. The number of aromatic nitrogens is 1. The van der Waals surface area contributed by atoms with Crippen molar-refractivity contribution >= 4 is 23.3 Å². The maximum Gasteiger partial charge on any atom is 0.256 e. The Bertz CT molecular complexity index is 918. The fraction of sp³-hybridized carbons (Fsp3) is 0.429. The van der Waals surface area contributed by atoms with Crippen LogP contribution in [0.1, 0.15) is 17.7 Å². The van der Waals surface area contributed by atoms with Gasteiger partial charge in [-0.3, -0.25) is 19.4 Å². The fourth-order valence-corrected chi connectivity index (χ4v) is 3.66. The SMILES string of the molecule is Cc1cc(NC(=O)CN2CCN(CC(=O)N3CCC(c4ccccc4)=N3)CC2)no1. The van der Waals surface area contributed by atoms with Gasteiger partial charge in [0.15, 0.2) is 5.82 Å². The number of anilines is 1. The molecule has 2 aliphatic rings. The van der Waals surface area contributed by atoms with Crippen LogP contribution in [0.15, 0.2) is 46.0 Å². The van der Waals surface area contributed by atoms with Crippen LogP contribution in [-0.2, 0) is 9.59 Å². The van der Waals surface area contributed by atoms with Crippen molar-refractivity contribution in [2.75, 3.05) is 51.1 Å². The Labute approximate surface area is 175 Å². The van der Waals surface area contributed by atoms with Crippen molar-refractivity contribution < 1.29 is 14.1 Å². The van der Waals surface area contributed by atoms with Gasteiger partial charge in [-0.2, -0.15) is 5.10 Å². The zero-order valence-corrected chi connectivity index (χ0v) is 17.1. The topological polar surface area (TPSA) is 94.3 Å². The smallest absolute Gasteiger partial charge is 0.256 e. The minimum absolute atomic E-state index is 0.0218. The van der Waals surface area contributed by atoms with Crippen LogP contribution < -0.4 is 5.32 Å². The van der Waals surface area contributed by atoms with Crippen molar-refractivity contribution in [3.05, 3.63) is 47.7 Å². The van der Waals surface area contributed by atoms with Crippen molar-refractivity contribution in [3.8, 4) is 0 Å². The molecular weight excluding hydrogens is 384 g/mol. The highest BCUT2D eigenvalue weighted by Gasteiger charge is 2.25. The molecular formula is C21H26N6O3. The number of piperazine rings is 1. The molecule has 0 spiro atoms. The van der Waals surface area contributed by atoms with Gasteiger partial charge >= 0.3 is 0 Å². The number of nitrogens with zero attached hydrogens (tertiary/aromatic N) is 5. The van der Waals surface area contributed by atoms with Crippen molar-refractivity contribution in [1.82, 2.24) is 20.0 Å². The summed E-state index contributed by atoms with van der Waals surface area (Å²) in [7, 11) is 0. The molecule has 1 aromatic heterocycles. The Morgan fingerprint density at radius 3 is 2.40 bits per heavy atom. The van der Waals surface area contributed by atoms with E-state index in [0.29, 0.717) is 31.2 Å². The zero-order chi connectivity index (χ0) is 20.9. The Morgan fingerprint density at radius 1 is 1.03 bits per heavy atom. The first-order valence-electron chi connectivity index (χ1n) is 10.2. The third-order valence-electron chi connectivity index (χ3n) is 5.28. The second kappa shape index (κ2) is 9.19. The van der Waals surface area contributed by atoms with E-state index in [1.165, 1.54) is 0 Å². The van der Waals surface area contributed by atoms with Gasteiger partial charge in [-0.15, -0.1) is 0 Å². The molecule has 1 aromatic carbocycles. The van der Waals surface area contributed by atoms with E-state index in [9.17, 15) is 9.59 Å². The number of hydrogen-bond acceptors (Lipinski definition) is 7. The summed E-state index contributed by atoms with van der Waals surface area (Å²) >= 11 is 0. The highest BCUT2D eigenvalue weighted by molar-refractivity contribution is 6.02. The van der Waals surface area contributed by atoms with Gasteiger partial charge in [-0.1, -0.05) is 35.5 Å². The molecule has 3 heterocycles. The Kier molecular flexibility index (Phi) is 6.20. The lowest BCUT2D eigenvalue weighted by Crippen LogP contribution is -2.50. The largest absolute Gasteiger partial charge is 0.360 e. The van der Waals surface area contributed by atoms with Gasteiger partial charge in [-0.05, 0) is 12.5 Å². The average Bonchev–Trinajstić information content (AvgIpc) is 3.39. The van der Waals surface area contributed by atoms with E-state index >= 15 is 0 Å². The number of hydrogen-bond donors (Lipinski definition) is 1. The second-order valence-corrected chi connectivity index (χ2v) is 7.60. The minimum atomic E-state index is -0.118. The summed E-state index contributed by atoms with van der Waals surface area (Å²) < 4.78 is 4.95. The standard InChI is InChI=1S/C21H26N6O3/c1-16-13-19(24-30-16)22-20(28)14-25-9-11-26(12-10-25)15-21(29)27-8-7-18(23-27)17-5-3-2-4-6-17/h2-6,13H,7-12,14-15H2,1H3,(H,22,24,28). The number of nitrogens with one attached hydrogen (secondary N) is 1. The molecule has 2 amide bonds. The summed E-state index contributed by atoms with van der Waals surface area (Å²) in [5, 5.41) is 12.6. The quantitative estimate of drug-likeness (QED) is 0.769. The van der Waals surface area contributed by atoms with E-state index in [0.717, 1.165) is 43.9 Å². The van der Waals surface area contributed by atoms with Crippen molar-refractivity contribution in [3.63, 3.8) is 0 Å². The van der Waals surface area contributed by atoms with E-state index in [4.69, 9.17) is 4.52 Å². The molecule has 0 bridgehead atoms. The highest BCUT2D eigenvalue weighted by atomic mass is 16.5. The number of benzene rings is 1. The van der Waals surface area contributed by atoms with Crippen LogP contribution in [0.5, 0.6) is 0 Å². The fourth-order valence-electron chi connectivity index (χ4n) is 3.66. The van der Waals surface area contributed by atoms with Crippen molar-refractivity contribution in [2.45, 2.75) is 13.3 Å². The monoisotopic (exact) mass is 410 g/mol. The first-order chi connectivity index (χ1) is 14.6.